The van der Waals surface area contributed by atoms with Gasteiger partial charge in [0, 0.05) is 15.4 Å². The molecule has 0 amide bonds. The minimum atomic E-state index is -1.31. The summed E-state index contributed by atoms with van der Waals surface area (Å²) < 4.78 is 33.1. The topological polar surface area (TPSA) is 33.4 Å². The van der Waals surface area contributed by atoms with Crippen molar-refractivity contribution in [1.29, 1.82) is 0 Å². The van der Waals surface area contributed by atoms with E-state index < -0.39 is 17.7 Å². The maximum atomic E-state index is 13.8. The molecule has 0 aliphatic rings. The van der Waals surface area contributed by atoms with Crippen molar-refractivity contribution in [3.63, 3.8) is 0 Å². The molecule has 0 fully saturated rings. The highest BCUT2D eigenvalue weighted by Gasteiger charge is 2.22. The minimum absolute atomic E-state index is 0.0500. The van der Waals surface area contributed by atoms with Crippen molar-refractivity contribution in [2.24, 2.45) is 0 Å². The number of hydrogen-bond donors (Lipinski definition) is 1. The van der Waals surface area contributed by atoms with Crippen LogP contribution in [0.25, 0.3) is 11.0 Å². The molecule has 0 aliphatic heterocycles. The number of aliphatic hydroxyl groups is 1. The molecule has 0 saturated heterocycles. The van der Waals surface area contributed by atoms with Crippen LogP contribution in [0.2, 0.25) is 0 Å². The molecule has 0 spiro atoms. The Morgan fingerprint density at radius 3 is 2.45 bits per heavy atom. The van der Waals surface area contributed by atoms with E-state index in [9.17, 15) is 13.9 Å². The van der Waals surface area contributed by atoms with Crippen molar-refractivity contribution in [2.75, 3.05) is 0 Å². The van der Waals surface area contributed by atoms with Gasteiger partial charge in [0.2, 0.25) is 0 Å². The van der Waals surface area contributed by atoms with Crippen LogP contribution in [0.15, 0.2) is 51.4 Å². The molecular weight excluding hydrogens is 330 g/mol. The molecule has 3 rings (SSSR count). The summed E-state index contributed by atoms with van der Waals surface area (Å²) >= 11 is 3.19. The van der Waals surface area contributed by atoms with E-state index in [-0.39, 0.29) is 16.9 Å². The number of rotatable bonds is 2. The summed E-state index contributed by atoms with van der Waals surface area (Å²) in [5.41, 5.74) is 0.112. The lowest BCUT2D eigenvalue weighted by Crippen LogP contribution is -2.02. The molecule has 3 aromatic rings. The van der Waals surface area contributed by atoms with Crippen LogP contribution in [0.1, 0.15) is 17.4 Å². The van der Waals surface area contributed by atoms with Crippen LogP contribution in [0, 0.1) is 11.6 Å². The van der Waals surface area contributed by atoms with E-state index in [1.165, 1.54) is 24.3 Å². The Morgan fingerprint density at radius 1 is 1.05 bits per heavy atom. The van der Waals surface area contributed by atoms with E-state index >= 15 is 0 Å². The molecule has 0 radical (unpaired) electrons. The Balaban J connectivity index is 2.13. The Bertz CT molecular complexity index is 762. The van der Waals surface area contributed by atoms with E-state index in [1.807, 2.05) is 0 Å². The lowest BCUT2D eigenvalue weighted by atomic mass is 10.1. The van der Waals surface area contributed by atoms with Crippen LogP contribution >= 0.6 is 15.9 Å². The number of furan rings is 1. The third kappa shape index (κ3) is 2.13. The quantitative estimate of drug-likeness (QED) is 0.743. The van der Waals surface area contributed by atoms with Gasteiger partial charge < -0.3 is 9.52 Å². The van der Waals surface area contributed by atoms with Crippen LogP contribution in [0.5, 0.6) is 0 Å². The first kappa shape index (κ1) is 13.3. The molecule has 102 valence electrons. The second-order valence-electron chi connectivity index (χ2n) is 4.34. The highest BCUT2D eigenvalue weighted by atomic mass is 79.9. The zero-order valence-corrected chi connectivity index (χ0v) is 11.7. The number of para-hydroxylation sites is 1. The Morgan fingerprint density at radius 2 is 1.75 bits per heavy atom. The molecule has 1 aromatic heterocycles. The molecule has 1 unspecified atom stereocenters. The normalized spacial score (nSPS) is 12.8. The predicted octanol–water partition coefficient (Wildman–Crippen LogP) is 4.56. The number of benzene rings is 2. The summed E-state index contributed by atoms with van der Waals surface area (Å²) in [6.07, 6.45) is -1.31. The van der Waals surface area contributed by atoms with Crippen molar-refractivity contribution in [2.45, 2.75) is 6.10 Å². The number of aliphatic hydroxyl groups excluding tert-OH is 1. The Labute approximate surface area is 121 Å². The third-order valence-corrected chi connectivity index (χ3v) is 3.75. The van der Waals surface area contributed by atoms with E-state index in [0.717, 1.165) is 0 Å². The first-order valence-electron chi connectivity index (χ1n) is 5.88. The van der Waals surface area contributed by atoms with Gasteiger partial charge in [-0.15, -0.1) is 0 Å². The zero-order chi connectivity index (χ0) is 14.3. The predicted molar refractivity (Wildman–Crippen MR) is 74.3 cm³/mol. The first-order chi connectivity index (χ1) is 9.58. The van der Waals surface area contributed by atoms with Crippen molar-refractivity contribution in [3.05, 3.63) is 69.9 Å². The van der Waals surface area contributed by atoms with Gasteiger partial charge in [0.25, 0.3) is 0 Å². The summed E-state index contributed by atoms with van der Waals surface area (Å²) in [7, 11) is 0. The van der Waals surface area contributed by atoms with Crippen LogP contribution in [-0.4, -0.2) is 5.11 Å². The minimum Gasteiger partial charge on any atom is -0.455 e. The standard InChI is InChI=1S/C15H9BrF2O2/c16-9-4-2-5-10(17)13(9)14(19)12-7-8-3-1-6-11(18)15(8)20-12/h1-7,14,19H. The smallest absolute Gasteiger partial charge is 0.170 e. The van der Waals surface area contributed by atoms with Gasteiger partial charge in [0.1, 0.15) is 17.7 Å². The summed E-state index contributed by atoms with van der Waals surface area (Å²) in [5.74, 6) is -0.989. The lowest BCUT2D eigenvalue weighted by Gasteiger charge is -2.11. The van der Waals surface area contributed by atoms with Gasteiger partial charge >= 0.3 is 0 Å². The van der Waals surface area contributed by atoms with Gasteiger partial charge in [-0.3, -0.25) is 0 Å². The summed E-state index contributed by atoms with van der Waals surface area (Å²) in [6, 6.07) is 10.4. The number of fused-ring (bicyclic) bond motifs is 1. The van der Waals surface area contributed by atoms with E-state index in [0.29, 0.717) is 9.86 Å². The van der Waals surface area contributed by atoms with Gasteiger partial charge in [0.05, 0.1) is 0 Å². The molecule has 1 N–H and O–H groups in total. The molecular formula is C15H9BrF2O2. The maximum absolute atomic E-state index is 13.8. The molecule has 1 heterocycles. The van der Waals surface area contributed by atoms with Crippen LogP contribution in [0.3, 0.4) is 0 Å². The van der Waals surface area contributed by atoms with Crippen LogP contribution < -0.4 is 0 Å². The van der Waals surface area contributed by atoms with Crippen LogP contribution in [-0.2, 0) is 0 Å². The molecule has 5 heteroatoms. The average Bonchev–Trinajstić information content (AvgIpc) is 2.84. The monoisotopic (exact) mass is 338 g/mol. The number of halogens is 3. The fourth-order valence-electron chi connectivity index (χ4n) is 2.10. The molecule has 2 aromatic carbocycles. The summed E-state index contributed by atoms with van der Waals surface area (Å²) in [5, 5.41) is 10.8. The molecule has 0 aliphatic carbocycles. The fourth-order valence-corrected chi connectivity index (χ4v) is 2.66. The molecule has 0 bridgehead atoms. The van der Waals surface area contributed by atoms with Gasteiger partial charge in [-0.1, -0.05) is 34.1 Å². The van der Waals surface area contributed by atoms with Crippen molar-refractivity contribution in [3.8, 4) is 0 Å². The summed E-state index contributed by atoms with van der Waals surface area (Å²) in [4.78, 5) is 0. The molecule has 20 heavy (non-hydrogen) atoms. The van der Waals surface area contributed by atoms with Gasteiger partial charge in [-0.2, -0.15) is 0 Å². The SMILES string of the molecule is OC(c1cc2cccc(F)c2o1)c1c(F)cccc1Br. The molecule has 0 saturated carbocycles. The van der Waals surface area contributed by atoms with Gasteiger partial charge in [-0.25, -0.2) is 8.78 Å². The second-order valence-corrected chi connectivity index (χ2v) is 5.20. The zero-order valence-electron chi connectivity index (χ0n) is 10.1. The second kappa shape index (κ2) is 5.00. The summed E-state index contributed by atoms with van der Waals surface area (Å²) in [6.45, 7) is 0. The average molecular weight is 339 g/mol. The van der Waals surface area contributed by atoms with E-state index in [4.69, 9.17) is 4.42 Å². The third-order valence-electron chi connectivity index (χ3n) is 3.06. The van der Waals surface area contributed by atoms with Crippen molar-refractivity contribution in [1.82, 2.24) is 0 Å². The fraction of sp³-hybridized carbons (Fsp3) is 0.0667. The lowest BCUT2D eigenvalue weighted by molar-refractivity contribution is 0.186. The van der Waals surface area contributed by atoms with E-state index in [2.05, 4.69) is 15.9 Å². The van der Waals surface area contributed by atoms with Gasteiger partial charge in [-0.05, 0) is 24.3 Å². The highest BCUT2D eigenvalue weighted by Crippen LogP contribution is 2.34. The van der Waals surface area contributed by atoms with Crippen molar-refractivity contribution < 1.29 is 18.3 Å². The largest absolute Gasteiger partial charge is 0.455 e. The van der Waals surface area contributed by atoms with E-state index in [1.54, 1.807) is 18.2 Å². The van der Waals surface area contributed by atoms with Crippen molar-refractivity contribution >= 4 is 26.9 Å². The van der Waals surface area contributed by atoms with Crippen LogP contribution in [0.4, 0.5) is 8.78 Å². The van der Waals surface area contributed by atoms with Gasteiger partial charge in [0.15, 0.2) is 11.4 Å². The highest BCUT2D eigenvalue weighted by molar-refractivity contribution is 9.10. The Hall–Kier alpha value is -1.72. The Kier molecular flexibility index (Phi) is 3.31. The number of hydrogen-bond acceptors (Lipinski definition) is 2. The first-order valence-corrected chi connectivity index (χ1v) is 6.67. The molecule has 2 nitrogen and oxygen atoms in total. The maximum Gasteiger partial charge on any atom is 0.170 e. The molecule has 1 atom stereocenters.